The Morgan fingerprint density at radius 1 is 0.718 bits per heavy atom. The number of carbonyl (C=O) groups excluding carboxylic acids is 1. The molecule has 0 spiro atoms. The second-order valence-electron chi connectivity index (χ2n) is 9.18. The van der Waals surface area contributed by atoms with Crippen molar-refractivity contribution in [2.24, 2.45) is 0 Å². The summed E-state index contributed by atoms with van der Waals surface area (Å²) in [5.41, 5.74) is 5.37. The summed E-state index contributed by atoms with van der Waals surface area (Å²) in [6, 6.07) is 39.8. The average molecular weight is 516 g/mol. The van der Waals surface area contributed by atoms with Crippen LogP contribution in [0.3, 0.4) is 0 Å². The molecule has 6 heteroatoms. The first-order valence-electron chi connectivity index (χ1n) is 12.6. The maximum absolute atomic E-state index is 12.4. The zero-order chi connectivity index (χ0) is 27.2. The third-order valence-corrected chi connectivity index (χ3v) is 6.59. The molecule has 5 rings (SSSR count). The number of rotatable bonds is 8. The quantitative estimate of drug-likeness (QED) is 0.0955. The Bertz CT molecular complexity index is 1590. The summed E-state index contributed by atoms with van der Waals surface area (Å²) in [5, 5.41) is 11.6. The van der Waals surface area contributed by atoms with Gasteiger partial charge in [-0.25, -0.2) is 0 Å². The van der Waals surface area contributed by atoms with Crippen LogP contribution in [-0.2, 0) is 9.53 Å². The van der Waals surface area contributed by atoms with Gasteiger partial charge in [0, 0.05) is 47.9 Å². The van der Waals surface area contributed by atoms with Crippen LogP contribution in [0.5, 0.6) is 0 Å². The molecule has 0 saturated heterocycles. The normalized spacial score (nSPS) is 12.3. The highest BCUT2D eigenvalue weighted by atomic mass is 16.6. The summed E-state index contributed by atoms with van der Waals surface area (Å²) in [7, 11) is 0. The molecule has 39 heavy (non-hydrogen) atoms. The van der Waals surface area contributed by atoms with E-state index in [1.165, 1.54) is 19.1 Å². The van der Waals surface area contributed by atoms with E-state index in [1.807, 2.05) is 91.1 Å². The van der Waals surface area contributed by atoms with Gasteiger partial charge in [0.15, 0.2) is 12.3 Å². The number of nitro benzene ring substituents is 1. The van der Waals surface area contributed by atoms with Crippen molar-refractivity contribution in [2.75, 3.05) is 0 Å². The minimum atomic E-state index is -0.833. The van der Waals surface area contributed by atoms with Crippen molar-refractivity contribution in [3.8, 4) is 22.4 Å². The minimum absolute atomic E-state index is 0.0656. The Kier molecular flexibility index (Phi) is 7.55. The minimum Gasteiger partial charge on any atom is -0.450 e. The van der Waals surface area contributed by atoms with Crippen molar-refractivity contribution in [3.63, 3.8) is 0 Å². The first kappa shape index (κ1) is 25.5. The van der Waals surface area contributed by atoms with E-state index in [-0.39, 0.29) is 5.69 Å². The highest BCUT2D eigenvalue weighted by molar-refractivity contribution is 5.69. The predicted molar refractivity (Wildman–Crippen MR) is 150 cm³/mol. The SMILES string of the molecule is CC(=O)O[C@@H](c1cccc([N+](=O)[O-])c1)[C@H](c1ccccc1)[n+]1ccc(-c2ccccc2)cc1-c1ccccc1. The van der Waals surface area contributed by atoms with Gasteiger partial charge in [0.2, 0.25) is 11.7 Å². The molecule has 1 aromatic heterocycles. The number of pyridine rings is 1. The van der Waals surface area contributed by atoms with E-state index in [2.05, 4.69) is 22.8 Å². The van der Waals surface area contributed by atoms with Crippen LogP contribution in [0.1, 0.15) is 30.2 Å². The summed E-state index contributed by atoms with van der Waals surface area (Å²) >= 11 is 0. The van der Waals surface area contributed by atoms with E-state index in [0.717, 1.165) is 27.9 Å². The van der Waals surface area contributed by atoms with Crippen LogP contribution in [-0.4, -0.2) is 10.9 Å². The summed E-state index contributed by atoms with van der Waals surface area (Å²) in [6.45, 7) is 1.35. The van der Waals surface area contributed by atoms with Gasteiger partial charge in [-0.3, -0.25) is 14.9 Å². The molecule has 2 atom stereocenters. The van der Waals surface area contributed by atoms with Gasteiger partial charge >= 0.3 is 5.97 Å². The maximum Gasteiger partial charge on any atom is 0.303 e. The summed E-state index contributed by atoms with van der Waals surface area (Å²) in [6.07, 6.45) is 1.16. The maximum atomic E-state index is 12.4. The van der Waals surface area contributed by atoms with Crippen molar-refractivity contribution in [3.05, 3.63) is 155 Å². The number of aromatic nitrogens is 1. The molecule has 192 valence electrons. The van der Waals surface area contributed by atoms with Crippen molar-refractivity contribution in [1.29, 1.82) is 0 Å². The molecule has 0 aliphatic carbocycles. The molecule has 0 saturated carbocycles. The number of carbonyl (C=O) groups is 1. The first-order chi connectivity index (χ1) is 19.0. The molecule has 0 unspecified atom stereocenters. The van der Waals surface area contributed by atoms with E-state index < -0.39 is 23.0 Å². The van der Waals surface area contributed by atoms with Crippen LogP contribution in [0.2, 0.25) is 0 Å². The van der Waals surface area contributed by atoms with Crippen LogP contribution >= 0.6 is 0 Å². The fraction of sp³-hybridized carbons (Fsp3) is 0.0909. The number of esters is 1. The van der Waals surface area contributed by atoms with E-state index >= 15 is 0 Å². The molecular formula is C33H27N2O4+. The highest BCUT2D eigenvalue weighted by Crippen LogP contribution is 2.36. The molecule has 5 aromatic rings. The molecule has 0 amide bonds. The number of nitrogens with zero attached hydrogens (tertiary/aromatic N) is 2. The number of hydrogen-bond donors (Lipinski definition) is 0. The second-order valence-corrected chi connectivity index (χ2v) is 9.18. The Morgan fingerprint density at radius 2 is 1.31 bits per heavy atom. The van der Waals surface area contributed by atoms with Crippen molar-refractivity contribution in [1.82, 2.24) is 0 Å². The highest BCUT2D eigenvalue weighted by Gasteiger charge is 2.38. The first-order valence-corrected chi connectivity index (χ1v) is 12.6. The van der Waals surface area contributed by atoms with Gasteiger partial charge in [-0.15, -0.1) is 0 Å². The Balaban J connectivity index is 1.77. The smallest absolute Gasteiger partial charge is 0.303 e. The molecule has 4 aromatic carbocycles. The van der Waals surface area contributed by atoms with Gasteiger partial charge in [-0.1, -0.05) is 91.0 Å². The zero-order valence-electron chi connectivity index (χ0n) is 21.4. The van der Waals surface area contributed by atoms with E-state index in [4.69, 9.17) is 4.74 Å². The van der Waals surface area contributed by atoms with Crippen molar-refractivity contribution in [2.45, 2.75) is 19.1 Å². The Morgan fingerprint density at radius 3 is 1.92 bits per heavy atom. The second kappa shape index (κ2) is 11.5. The fourth-order valence-electron chi connectivity index (χ4n) is 4.85. The largest absolute Gasteiger partial charge is 0.450 e. The third kappa shape index (κ3) is 5.75. The molecule has 1 heterocycles. The molecule has 0 bridgehead atoms. The fourth-order valence-corrected chi connectivity index (χ4v) is 4.85. The number of benzene rings is 4. The molecule has 0 fully saturated rings. The average Bonchev–Trinajstić information content (AvgIpc) is 2.98. The van der Waals surface area contributed by atoms with Crippen LogP contribution in [0, 0.1) is 10.1 Å². The van der Waals surface area contributed by atoms with E-state index in [1.54, 1.807) is 12.1 Å². The monoisotopic (exact) mass is 515 g/mol. The van der Waals surface area contributed by atoms with Crippen LogP contribution in [0.15, 0.2) is 134 Å². The molecule has 0 aliphatic rings. The number of non-ortho nitro benzene ring substituents is 1. The van der Waals surface area contributed by atoms with Gasteiger partial charge in [0.05, 0.1) is 4.92 Å². The van der Waals surface area contributed by atoms with Crippen LogP contribution in [0.4, 0.5) is 5.69 Å². The van der Waals surface area contributed by atoms with Crippen molar-refractivity contribution >= 4 is 11.7 Å². The van der Waals surface area contributed by atoms with Gasteiger partial charge in [-0.05, 0) is 23.3 Å². The third-order valence-electron chi connectivity index (χ3n) is 6.59. The van der Waals surface area contributed by atoms with E-state index in [9.17, 15) is 14.9 Å². The lowest BCUT2D eigenvalue weighted by Crippen LogP contribution is -2.46. The Hall–Kier alpha value is -5.10. The summed E-state index contributed by atoms with van der Waals surface area (Å²) < 4.78 is 8.05. The van der Waals surface area contributed by atoms with Gasteiger partial charge in [0.1, 0.15) is 0 Å². The molecular weight excluding hydrogens is 488 g/mol. The lowest BCUT2D eigenvalue weighted by Gasteiger charge is -2.25. The standard InChI is InChI=1S/C33H27N2O4/c1-24(36)39-33(29-18-11-19-30(22-29)35(37)38)32(27-16-9-4-10-17-27)34-21-20-28(25-12-5-2-6-13-25)23-31(34)26-14-7-3-8-15-26/h2-23,32-33H,1H3/q+1/t32-,33-/m0/s1. The number of ether oxygens (including phenoxy) is 1. The van der Waals surface area contributed by atoms with Gasteiger partial charge < -0.3 is 4.74 Å². The van der Waals surface area contributed by atoms with Crippen LogP contribution in [0.25, 0.3) is 22.4 Å². The van der Waals surface area contributed by atoms with Gasteiger partial charge in [-0.2, -0.15) is 4.57 Å². The topological polar surface area (TPSA) is 73.3 Å². The summed E-state index contributed by atoms with van der Waals surface area (Å²) in [4.78, 5) is 23.6. The van der Waals surface area contributed by atoms with Crippen LogP contribution < -0.4 is 4.57 Å². The zero-order valence-corrected chi connectivity index (χ0v) is 21.4. The predicted octanol–water partition coefficient (Wildman–Crippen LogP) is 7.11. The molecule has 0 N–H and O–H groups in total. The number of nitro groups is 1. The number of hydrogen-bond acceptors (Lipinski definition) is 4. The lowest BCUT2D eigenvalue weighted by molar-refractivity contribution is -0.711. The molecule has 6 nitrogen and oxygen atoms in total. The molecule has 0 aliphatic heterocycles. The van der Waals surface area contributed by atoms with Gasteiger partial charge in [0.25, 0.3) is 5.69 Å². The lowest BCUT2D eigenvalue weighted by atomic mass is 9.93. The summed E-state index contributed by atoms with van der Waals surface area (Å²) in [5.74, 6) is -0.477. The Labute approximate surface area is 226 Å². The molecule has 0 radical (unpaired) electrons. The van der Waals surface area contributed by atoms with E-state index in [0.29, 0.717) is 5.56 Å². The van der Waals surface area contributed by atoms with Crippen molar-refractivity contribution < 1.29 is 19.0 Å².